The highest BCUT2D eigenvalue weighted by Gasteiger charge is 2.18. The average molecular weight is 460 g/mol. The van der Waals surface area contributed by atoms with Crippen molar-refractivity contribution < 1.29 is 38.4 Å². The predicted octanol–water partition coefficient (Wildman–Crippen LogP) is 3.69. The van der Waals surface area contributed by atoms with Crippen LogP contribution in [-0.2, 0) is 4.79 Å². The Morgan fingerprint density at radius 3 is 2.03 bits per heavy atom. The van der Waals surface area contributed by atoms with Crippen molar-refractivity contribution in [3.63, 3.8) is 0 Å². The molecule has 1 aromatic heterocycles. The van der Waals surface area contributed by atoms with Crippen LogP contribution in [0, 0.1) is 0 Å². The van der Waals surface area contributed by atoms with Gasteiger partial charge in [-0.15, -0.1) is 10.2 Å². The normalized spacial score (nSPS) is 11.2. The molecule has 168 valence electrons. The van der Waals surface area contributed by atoms with Gasteiger partial charge in [-0.1, -0.05) is 0 Å². The van der Waals surface area contributed by atoms with Crippen molar-refractivity contribution in [1.82, 2.24) is 10.2 Å². The number of aromatic nitrogens is 2. The van der Waals surface area contributed by atoms with Crippen LogP contribution in [-0.4, -0.2) is 54.8 Å². The summed E-state index contributed by atoms with van der Waals surface area (Å²) >= 11 is 0.773. The zero-order chi connectivity index (χ0) is 23.3. The lowest BCUT2D eigenvalue weighted by atomic mass is 10.1. The molecular weight excluding hydrogens is 440 g/mol. The van der Waals surface area contributed by atoms with Crippen LogP contribution in [0.1, 0.15) is 5.56 Å². The molecule has 0 fully saturated rings. The molecule has 0 amide bonds. The topological polar surface area (TPSA) is 133 Å². The summed E-state index contributed by atoms with van der Waals surface area (Å²) in [5.41, 5.74) is 0.980. The number of phenols is 1. The van der Waals surface area contributed by atoms with E-state index in [4.69, 9.17) is 23.4 Å². The second-order valence-electron chi connectivity index (χ2n) is 6.16. The summed E-state index contributed by atoms with van der Waals surface area (Å²) in [5.74, 6) is 0.120. The van der Waals surface area contributed by atoms with Crippen LogP contribution in [0.5, 0.6) is 28.7 Å². The molecule has 0 aliphatic rings. The lowest BCUT2D eigenvalue weighted by molar-refractivity contribution is -0.131. The molecule has 11 heteroatoms. The molecule has 2 N–H and O–H groups in total. The van der Waals surface area contributed by atoms with E-state index in [1.807, 2.05) is 0 Å². The first-order valence-corrected chi connectivity index (χ1v) is 9.85. The third-order valence-electron chi connectivity index (χ3n) is 4.21. The van der Waals surface area contributed by atoms with Gasteiger partial charge >= 0.3 is 5.97 Å². The van der Waals surface area contributed by atoms with Gasteiger partial charge < -0.3 is 33.6 Å². The molecule has 2 aromatic carbocycles. The summed E-state index contributed by atoms with van der Waals surface area (Å²) in [5, 5.41) is 27.6. The molecule has 3 aromatic rings. The van der Waals surface area contributed by atoms with E-state index in [0.717, 1.165) is 11.8 Å². The number of thioether (sulfide) groups is 1. The Balaban J connectivity index is 1.92. The number of hydrogen-bond donors (Lipinski definition) is 2. The Hall–Kier alpha value is -3.86. The summed E-state index contributed by atoms with van der Waals surface area (Å²) in [6.45, 7) is 0. The van der Waals surface area contributed by atoms with E-state index in [1.165, 1.54) is 46.6 Å². The van der Waals surface area contributed by atoms with Crippen LogP contribution in [0.15, 0.2) is 44.9 Å². The molecular formula is C21H20N2O8S. The number of hydrogen-bond acceptors (Lipinski definition) is 10. The molecule has 0 saturated carbocycles. The smallest absolute Gasteiger partial charge is 0.342 e. The molecule has 0 bridgehead atoms. The lowest BCUT2D eigenvalue weighted by Crippen LogP contribution is -1.97. The van der Waals surface area contributed by atoms with E-state index in [-0.39, 0.29) is 33.3 Å². The molecule has 0 atom stereocenters. The lowest BCUT2D eigenvalue weighted by Gasteiger charge is -2.10. The monoisotopic (exact) mass is 460 g/mol. The van der Waals surface area contributed by atoms with E-state index < -0.39 is 5.97 Å². The number of aromatic hydroxyl groups is 1. The van der Waals surface area contributed by atoms with Gasteiger partial charge in [-0.05, 0) is 47.7 Å². The molecule has 10 nitrogen and oxygen atoms in total. The Morgan fingerprint density at radius 1 is 0.938 bits per heavy atom. The fraction of sp³-hybridized carbons (Fsp3) is 0.190. The van der Waals surface area contributed by atoms with Gasteiger partial charge in [0.2, 0.25) is 11.6 Å². The van der Waals surface area contributed by atoms with Crippen LogP contribution >= 0.6 is 11.8 Å². The Morgan fingerprint density at radius 2 is 1.53 bits per heavy atom. The van der Waals surface area contributed by atoms with Gasteiger partial charge in [0.1, 0.15) is 16.4 Å². The number of benzene rings is 2. The van der Waals surface area contributed by atoms with E-state index in [2.05, 4.69) is 10.2 Å². The number of aliphatic carboxylic acids is 1. The quantitative estimate of drug-likeness (QED) is 0.358. The minimum Gasteiger partial charge on any atom is -0.502 e. The van der Waals surface area contributed by atoms with Crippen molar-refractivity contribution in [1.29, 1.82) is 0 Å². The Kier molecular flexibility index (Phi) is 7.11. The van der Waals surface area contributed by atoms with E-state index in [0.29, 0.717) is 22.6 Å². The Bertz CT molecular complexity index is 1110. The molecule has 0 aliphatic carbocycles. The minimum atomic E-state index is -1.20. The van der Waals surface area contributed by atoms with Gasteiger partial charge in [-0.25, -0.2) is 4.79 Å². The fourth-order valence-electron chi connectivity index (χ4n) is 2.68. The highest BCUT2D eigenvalue weighted by Crippen LogP contribution is 2.39. The predicted molar refractivity (Wildman–Crippen MR) is 116 cm³/mol. The molecule has 0 spiro atoms. The maximum absolute atomic E-state index is 11.8. The first-order valence-electron chi connectivity index (χ1n) is 9.03. The van der Waals surface area contributed by atoms with Crippen molar-refractivity contribution in [2.75, 3.05) is 28.4 Å². The van der Waals surface area contributed by atoms with E-state index in [1.54, 1.807) is 18.2 Å². The molecule has 0 saturated heterocycles. The number of carboxylic acids is 1. The number of phenolic OH excluding ortho intramolecular Hbond substituents is 1. The highest BCUT2D eigenvalue weighted by molar-refractivity contribution is 8.03. The average Bonchev–Trinajstić information content (AvgIpc) is 3.27. The van der Waals surface area contributed by atoms with Crippen LogP contribution in [0.2, 0.25) is 0 Å². The van der Waals surface area contributed by atoms with Crippen molar-refractivity contribution in [2.24, 2.45) is 0 Å². The molecule has 1 heterocycles. The summed E-state index contributed by atoms with van der Waals surface area (Å²) in [6, 6.07) is 8.02. The van der Waals surface area contributed by atoms with Crippen molar-refractivity contribution in [3.05, 3.63) is 40.8 Å². The SMILES string of the molecule is COc1cc(OC)cc(-c2nnc(S/C(=C\c3cc(OC)c(O)c(OC)c3)C(=O)O)o2)c1. The third kappa shape index (κ3) is 5.06. The number of carbonyl (C=O) groups is 1. The van der Waals surface area contributed by atoms with Gasteiger partial charge in [0.25, 0.3) is 5.22 Å². The summed E-state index contributed by atoms with van der Waals surface area (Å²) < 4.78 is 26.3. The number of rotatable bonds is 9. The van der Waals surface area contributed by atoms with Gasteiger partial charge in [-0.3, -0.25) is 0 Å². The van der Waals surface area contributed by atoms with Crippen molar-refractivity contribution in [3.8, 4) is 40.2 Å². The number of ether oxygens (including phenoxy) is 4. The second-order valence-corrected chi connectivity index (χ2v) is 7.16. The minimum absolute atomic E-state index is 0.0214. The van der Waals surface area contributed by atoms with Crippen LogP contribution in [0.3, 0.4) is 0 Å². The largest absolute Gasteiger partial charge is 0.502 e. The van der Waals surface area contributed by atoms with Crippen LogP contribution < -0.4 is 18.9 Å². The zero-order valence-corrected chi connectivity index (χ0v) is 18.4. The van der Waals surface area contributed by atoms with Crippen LogP contribution in [0.25, 0.3) is 17.5 Å². The van der Waals surface area contributed by atoms with E-state index >= 15 is 0 Å². The molecule has 3 rings (SSSR count). The van der Waals surface area contributed by atoms with Crippen molar-refractivity contribution >= 4 is 23.8 Å². The third-order valence-corrected chi connectivity index (χ3v) is 5.06. The summed E-state index contributed by atoms with van der Waals surface area (Å²) in [6.07, 6.45) is 1.37. The fourth-order valence-corrected chi connectivity index (χ4v) is 3.35. The first-order chi connectivity index (χ1) is 15.4. The molecule has 32 heavy (non-hydrogen) atoms. The second kappa shape index (κ2) is 9.96. The van der Waals surface area contributed by atoms with Gasteiger partial charge in [-0.2, -0.15) is 0 Å². The maximum atomic E-state index is 11.8. The zero-order valence-electron chi connectivity index (χ0n) is 17.6. The van der Waals surface area contributed by atoms with Gasteiger partial charge in [0, 0.05) is 11.6 Å². The number of methoxy groups -OCH3 is 4. The van der Waals surface area contributed by atoms with E-state index in [9.17, 15) is 15.0 Å². The molecule has 0 radical (unpaired) electrons. The maximum Gasteiger partial charge on any atom is 0.342 e. The summed E-state index contributed by atoms with van der Waals surface area (Å²) in [4.78, 5) is 11.7. The summed E-state index contributed by atoms with van der Waals surface area (Å²) in [7, 11) is 5.79. The molecule has 0 unspecified atom stereocenters. The van der Waals surface area contributed by atoms with Gasteiger partial charge in [0.15, 0.2) is 11.5 Å². The number of carboxylic acid groups (broad SMARTS) is 1. The Labute approximate surface area is 187 Å². The number of nitrogens with zero attached hydrogens (tertiary/aromatic N) is 2. The highest BCUT2D eigenvalue weighted by atomic mass is 32.2. The van der Waals surface area contributed by atoms with Crippen molar-refractivity contribution in [2.45, 2.75) is 5.22 Å². The first kappa shape index (κ1) is 22.8. The standard InChI is InChI=1S/C21H20N2O8S/c1-27-13-8-12(9-14(10-13)28-2)19-22-23-21(31-19)32-17(20(25)26)7-11-5-15(29-3)18(24)16(6-11)30-4/h5-10,24H,1-4H3,(H,25,26)/b17-7-. The molecule has 0 aliphatic heterocycles. The van der Waals surface area contributed by atoms with Gasteiger partial charge in [0.05, 0.1) is 28.4 Å². The van der Waals surface area contributed by atoms with Crippen LogP contribution in [0.4, 0.5) is 0 Å².